The number of fused-ring (bicyclic) bond motifs is 1. The molecule has 33 heavy (non-hydrogen) atoms. The SMILES string of the molecule is CN(C(=O)c1cnc2ccccc2c1)C(CCNC(=O)c1cccn1C)Cc1ccccc1. The van der Waals surface area contributed by atoms with Crippen molar-refractivity contribution in [3.8, 4) is 0 Å². The number of hydrogen-bond acceptors (Lipinski definition) is 3. The maximum absolute atomic E-state index is 13.3. The molecule has 0 fully saturated rings. The van der Waals surface area contributed by atoms with Crippen molar-refractivity contribution in [2.24, 2.45) is 7.05 Å². The van der Waals surface area contributed by atoms with Gasteiger partial charge in [-0.1, -0.05) is 48.5 Å². The number of rotatable bonds is 8. The Balaban J connectivity index is 1.49. The number of benzene rings is 2. The molecule has 0 radical (unpaired) electrons. The molecular formula is C27H28N4O2. The number of pyridine rings is 1. The molecule has 2 amide bonds. The molecule has 0 saturated carbocycles. The van der Waals surface area contributed by atoms with Crippen molar-refractivity contribution in [3.05, 3.63) is 102 Å². The van der Waals surface area contributed by atoms with Crippen LogP contribution in [-0.4, -0.2) is 45.9 Å². The lowest BCUT2D eigenvalue weighted by molar-refractivity contribution is 0.0722. The standard InChI is InChI=1S/C27H28N4O2/c1-30-16-8-13-25(30)26(32)28-15-14-23(17-20-9-4-3-5-10-20)31(2)27(33)22-18-21-11-6-7-12-24(21)29-19-22/h3-13,16,18-19,23H,14-15,17H2,1-2H3,(H,28,32). The summed E-state index contributed by atoms with van der Waals surface area (Å²) in [7, 11) is 3.67. The number of hydrogen-bond donors (Lipinski definition) is 1. The highest BCUT2D eigenvalue weighted by atomic mass is 16.2. The number of carbonyl (C=O) groups excluding carboxylic acids is 2. The van der Waals surface area contributed by atoms with Crippen LogP contribution in [0.3, 0.4) is 0 Å². The van der Waals surface area contributed by atoms with Gasteiger partial charge >= 0.3 is 0 Å². The first-order chi connectivity index (χ1) is 16.0. The number of likely N-dealkylation sites (N-methyl/N-ethyl adjacent to an activating group) is 1. The van der Waals surface area contributed by atoms with Crippen LogP contribution in [-0.2, 0) is 13.5 Å². The van der Waals surface area contributed by atoms with E-state index in [1.807, 2.05) is 74.9 Å². The average molecular weight is 441 g/mol. The first-order valence-electron chi connectivity index (χ1n) is 11.1. The van der Waals surface area contributed by atoms with Gasteiger partial charge in [-0.2, -0.15) is 0 Å². The van der Waals surface area contributed by atoms with Crippen LogP contribution in [0, 0.1) is 0 Å². The fourth-order valence-corrected chi connectivity index (χ4v) is 4.02. The van der Waals surface area contributed by atoms with Crippen LogP contribution in [0.4, 0.5) is 0 Å². The maximum Gasteiger partial charge on any atom is 0.267 e. The lowest BCUT2D eigenvalue weighted by atomic mass is 10.0. The number of para-hydroxylation sites is 1. The van der Waals surface area contributed by atoms with E-state index >= 15 is 0 Å². The average Bonchev–Trinajstić information content (AvgIpc) is 3.28. The zero-order valence-electron chi connectivity index (χ0n) is 18.9. The topological polar surface area (TPSA) is 67.2 Å². The third kappa shape index (κ3) is 5.29. The van der Waals surface area contributed by atoms with Crippen molar-refractivity contribution in [1.29, 1.82) is 0 Å². The zero-order chi connectivity index (χ0) is 23.2. The van der Waals surface area contributed by atoms with E-state index in [4.69, 9.17) is 0 Å². The van der Waals surface area contributed by atoms with Crippen LogP contribution in [0.5, 0.6) is 0 Å². The molecule has 0 aliphatic heterocycles. The predicted molar refractivity (Wildman–Crippen MR) is 130 cm³/mol. The lowest BCUT2D eigenvalue weighted by Crippen LogP contribution is -2.41. The van der Waals surface area contributed by atoms with E-state index in [0.29, 0.717) is 30.6 Å². The Morgan fingerprint density at radius 3 is 2.55 bits per heavy atom. The molecule has 6 heteroatoms. The second kappa shape index (κ2) is 10.1. The highest BCUT2D eigenvalue weighted by Gasteiger charge is 2.22. The monoisotopic (exact) mass is 440 g/mol. The minimum atomic E-state index is -0.117. The van der Waals surface area contributed by atoms with Crippen LogP contribution in [0.25, 0.3) is 10.9 Å². The molecule has 0 aliphatic rings. The predicted octanol–water partition coefficient (Wildman–Crippen LogP) is 4.08. The molecular weight excluding hydrogens is 412 g/mol. The van der Waals surface area contributed by atoms with Crippen LogP contribution < -0.4 is 5.32 Å². The lowest BCUT2D eigenvalue weighted by Gasteiger charge is -2.29. The zero-order valence-corrected chi connectivity index (χ0v) is 18.9. The van der Waals surface area contributed by atoms with Gasteiger partial charge in [0.2, 0.25) is 0 Å². The number of aryl methyl sites for hydroxylation is 1. The van der Waals surface area contributed by atoms with Gasteiger partial charge in [0.05, 0.1) is 11.1 Å². The first-order valence-corrected chi connectivity index (χ1v) is 11.1. The van der Waals surface area contributed by atoms with E-state index < -0.39 is 0 Å². The second-order valence-electron chi connectivity index (χ2n) is 8.23. The molecule has 2 aromatic carbocycles. The van der Waals surface area contributed by atoms with Crippen molar-refractivity contribution >= 4 is 22.7 Å². The third-order valence-corrected chi connectivity index (χ3v) is 5.96. The van der Waals surface area contributed by atoms with Crippen LogP contribution in [0.15, 0.2) is 85.2 Å². The number of amides is 2. The quantitative estimate of drug-likeness (QED) is 0.449. The highest BCUT2D eigenvalue weighted by Crippen LogP contribution is 2.17. The van der Waals surface area contributed by atoms with Gasteiger partial charge in [0, 0.05) is 44.5 Å². The Kier molecular flexibility index (Phi) is 6.83. The van der Waals surface area contributed by atoms with Gasteiger partial charge in [0.15, 0.2) is 0 Å². The largest absolute Gasteiger partial charge is 0.351 e. The van der Waals surface area contributed by atoms with Crippen molar-refractivity contribution in [2.75, 3.05) is 13.6 Å². The van der Waals surface area contributed by atoms with Crippen molar-refractivity contribution in [3.63, 3.8) is 0 Å². The van der Waals surface area contributed by atoms with Gasteiger partial charge in [-0.3, -0.25) is 14.6 Å². The van der Waals surface area contributed by atoms with Crippen LogP contribution in [0.1, 0.15) is 32.8 Å². The number of nitrogens with zero attached hydrogens (tertiary/aromatic N) is 3. The molecule has 4 aromatic rings. The molecule has 1 atom stereocenters. The second-order valence-corrected chi connectivity index (χ2v) is 8.23. The smallest absolute Gasteiger partial charge is 0.267 e. The molecule has 1 unspecified atom stereocenters. The molecule has 6 nitrogen and oxygen atoms in total. The van der Waals surface area contributed by atoms with Crippen LogP contribution >= 0.6 is 0 Å². The summed E-state index contributed by atoms with van der Waals surface area (Å²) in [5, 5.41) is 3.93. The molecule has 0 spiro atoms. The van der Waals surface area contributed by atoms with E-state index in [-0.39, 0.29) is 17.9 Å². The molecule has 1 N–H and O–H groups in total. The Labute approximate surface area is 193 Å². The molecule has 4 rings (SSSR count). The molecule has 0 saturated heterocycles. The Hall–Kier alpha value is -3.93. The van der Waals surface area contributed by atoms with Crippen molar-refractivity contribution < 1.29 is 9.59 Å². The molecule has 2 aromatic heterocycles. The molecule has 2 heterocycles. The summed E-state index contributed by atoms with van der Waals surface area (Å²) < 4.78 is 1.79. The Morgan fingerprint density at radius 2 is 1.79 bits per heavy atom. The van der Waals surface area contributed by atoms with E-state index in [1.165, 1.54) is 0 Å². The van der Waals surface area contributed by atoms with Gasteiger partial charge in [-0.05, 0) is 42.7 Å². The summed E-state index contributed by atoms with van der Waals surface area (Å²) >= 11 is 0. The van der Waals surface area contributed by atoms with E-state index in [1.54, 1.807) is 21.7 Å². The third-order valence-electron chi connectivity index (χ3n) is 5.96. The number of nitrogens with one attached hydrogen (secondary N) is 1. The summed E-state index contributed by atoms with van der Waals surface area (Å²) in [4.78, 5) is 32.1. The van der Waals surface area contributed by atoms with Gasteiger partial charge in [0.1, 0.15) is 5.69 Å². The highest BCUT2D eigenvalue weighted by molar-refractivity contribution is 5.97. The molecule has 0 aliphatic carbocycles. The first kappa shape index (κ1) is 22.3. The summed E-state index contributed by atoms with van der Waals surface area (Å²) in [6.45, 7) is 0.467. The Morgan fingerprint density at radius 1 is 1.03 bits per heavy atom. The van der Waals surface area contributed by atoms with E-state index in [0.717, 1.165) is 16.5 Å². The normalized spacial score (nSPS) is 11.8. The van der Waals surface area contributed by atoms with Gasteiger partial charge < -0.3 is 14.8 Å². The van der Waals surface area contributed by atoms with Gasteiger partial charge in [-0.15, -0.1) is 0 Å². The fraction of sp³-hybridized carbons (Fsp3) is 0.222. The summed E-state index contributed by atoms with van der Waals surface area (Å²) in [6.07, 6.45) is 4.81. The Bertz CT molecular complexity index is 1250. The summed E-state index contributed by atoms with van der Waals surface area (Å²) in [5.41, 5.74) is 3.18. The number of aromatic nitrogens is 2. The summed E-state index contributed by atoms with van der Waals surface area (Å²) in [5.74, 6) is -0.198. The maximum atomic E-state index is 13.3. The molecule has 0 bridgehead atoms. The minimum absolute atomic E-state index is 0.0806. The number of carbonyl (C=O) groups is 2. The van der Waals surface area contributed by atoms with Crippen molar-refractivity contribution in [2.45, 2.75) is 18.9 Å². The van der Waals surface area contributed by atoms with E-state index in [2.05, 4.69) is 22.4 Å². The fourth-order valence-electron chi connectivity index (χ4n) is 4.02. The van der Waals surface area contributed by atoms with Gasteiger partial charge in [-0.25, -0.2) is 0 Å². The molecule has 168 valence electrons. The summed E-state index contributed by atoms with van der Waals surface area (Å²) in [6, 6.07) is 23.3. The van der Waals surface area contributed by atoms with Crippen LogP contribution in [0.2, 0.25) is 0 Å². The van der Waals surface area contributed by atoms with Gasteiger partial charge in [0.25, 0.3) is 11.8 Å². The van der Waals surface area contributed by atoms with Crippen molar-refractivity contribution in [1.82, 2.24) is 19.8 Å². The van der Waals surface area contributed by atoms with E-state index in [9.17, 15) is 9.59 Å². The minimum Gasteiger partial charge on any atom is -0.351 e.